The fraction of sp³-hybridized carbons (Fsp3) is 0. The first kappa shape index (κ1) is 14.3. The van der Waals surface area contributed by atoms with Crippen LogP contribution in [-0.4, -0.2) is 13.3 Å². The molecule has 0 fully saturated rings. The molecule has 3 aromatic rings. The fourth-order valence-electron chi connectivity index (χ4n) is 2.06. The lowest BCUT2D eigenvalue weighted by Crippen LogP contribution is -1.89. The maximum atomic E-state index is 11.4. The fourth-order valence-corrected chi connectivity index (χ4v) is 3.32. The Morgan fingerprint density at radius 1 is 1.14 bits per heavy atom. The number of fused-ring (bicyclic) bond motifs is 3. The average Bonchev–Trinajstić information content (AvgIpc) is 2.73. The van der Waals surface area contributed by atoms with E-state index in [-0.39, 0.29) is 15.1 Å². The van der Waals surface area contributed by atoms with Crippen molar-refractivity contribution in [1.29, 1.82) is 0 Å². The second-order valence-corrected chi connectivity index (χ2v) is 7.68. The van der Waals surface area contributed by atoms with E-state index in [1.54, 1.807) is 0 Å². The second kappa shape index (κ2) is 4.69. The van der Waals surface area contributed by atoms with E-state index in [0.29, 0.717) is 21.9 Å². The van der Waals surface area contributed by atoms with Gasteiger partial charge >= 0.3 is 0 Å². The third-order valence-electron chi connectivity index (χ3n) is 2.99. The molecule has 0 bridgehead atoms. The maximum absolute atomic E-state index is 11.4. The van der Waals surface area contributed by atoms with Crippen LogP contribution in [0.25, 0.3) is 21.9 Å². The first-order valence-electron chi connectivity index (χ1n) is 5.52. The molecular weight excluding hydrogens is 386 g/mol. The molecule has 0 radical (unpaired) electrons. The molecule has 0 aliphatic carbocycles. The van der Waals surface area contributed by atoms with Crippen LogP contribution in [0.1, 0.15) is 0 Å². The summed E-state index contributed by atoms with van der Waals surface area (Å²) in [5, 5.41) is 12.0. The molecule has 0 N–H and O–H groups in total. The summed E-state index contributed by atoms with van der Waals surface area (Å²) in [5.74, 6) is 0. The highest BCUT2D eigenvalue weighted by atomic mass is 79.9. The molecule has 2 aromatic carbocycles. The zero-order chi connectivity index (χ0) is 15.4. The Labute approximate surface area is 131 Å². The molecule has 0 amide bonds. The number of furan rings is 1. The lowest BCUT2D eigenvalue weighted by atomic mass is 10.1. The number of nitro groups is 1. The Morgan fingerprint density at radius 2 is 1.81 bits per heavy atom. The summed E-state index contributed by atoms with van der Waals surface area (Å²) in [6.07, 6.45) is 0. The molecular formula is C12H5BrClNO5S. The summed E-state index contributed by atoms with van der Waals surface area (Å²) in [7, 11) is 1.46. The minimum atomic E-state index is -3.86. The molecule has 0 aliphatic rings. The van der Waals surface area contributed by atoms with Gasteiger partial charge in [-0.05, 0) is 40.2 Å². The van der Waals surface area contributed by atoms with Crippen LogP contribution >= 0.6 is 26.6 Å². The highest BCUT2D eigenvalue weighted by molar-refractivity contribution is 9.10. The second-order valence-electron chi connectivity index (χ2n) is 4.25. The van der Waals surface area contributed by atoms with Gasteiger partial charge in [0.15, 0.2) is 0 Å². The van der Waals surface area contributed by atoms with Crippen molar-refractivity contribution in [3.05, 3.63) is 44.9 Å². The molecule has 0 aliphatic heterocycles. The van der Waals surface area contributed by atoms with Crippen molar-refractivity contribution >= 4 is 63.3 Å². The van der Waals surface area contributed by atoms with E-state index >= 15 is 0 Å². The van der Waals surface area contributed by atoms with Gasteiger partial charge in [0.05, 0.1) is 20.4 Å². The number of hydrogen-bond donors (Lipinski definition) is 0. The number of benzene rings is 2. The van der Waals surface area contributed by atoms with Crippen LogP contribution in [0.5, 0.6) is 0 Å². The van der Waals surface area contributed by atoms with Crippen molar-refractivity contribution in [1.82, 2.24) is 0 Å². The smallest absolute Gasteiger partial charge is 0.287 e. The minimum Gasteiger partial charge on any atom is -0.456 e. The van der Waals surface area contributed by atoms with Crippen LogP contribution in [0.2, 0.25) is 0 Å². The summed E-state index contributed by atoms with van der Waals surface area (Å²) in [5.41, 5.74) is 0.581. The van der Waals surface area contributed by atoms with Crippen LogP contribution in [0.15, 0.2) is 44.1 Å². The Bertz CT molecular complexity index is 1010. The van der Waals surface area contributed by atoms with Crippen LogP contribution in [0.4, 0.5) is 5.69 Å². The van der Waals surface area contributed by atoms with Gasteiger partial charge in [-0.15, -0.1) is 0 Å². The standard InChI is InChI=1S/C12H5BrClNO5S/c13-9-4-8-7-3-6(21(14,18)19)1-2-11(7)20-12(8)5-10(9)15(16)17/h1-5H. The molecule has 0 saturated heterocycles. The zero-order valence-electron chi connectivity index (χ0n) is 10.0. The molecule has 1 aromatic heterocycles. The van der Waals surface area contributed by atoms with Crippen molar-refractivity contribution in [3.63, 3.8) is 0 Å². The Kier molecular flexibility index (Phi) is 3.19. The highest BCUT2D eigenvalue weighted by Gasteiger charge is 2.19. The van der Waals surface area contributed by atoms with Gasteiger partial charge in [-0.3, -0.25) is 10.1 Å². The summed E-state index contributed by atoms with van der Waals surface area (Å²) < 4.78 is 28.5. The van der Waals surface area contributed by atoms with Gasteiger partial charge in [0, 0.05) is 21.5 Å². The average molecular weight is 391 g/mol. The van der Waals surface area contributed by atoms with Crippen LogP contribution in [0, 0.1) is 10.1 Å². The summed E-state index contributed by atoms with van der Waals surface area (Å²) in [6.45, 7) is 0. The van der Waals surface area contributed by atoms with Gasteiger partial charge < -0.3 is 4.42 Å². The molecule has 0 atom stereocenters. The van der Waals surface area contributed by atoms with Crippen molar-refractivity contribution in [2.75, 3.05) is 0 Å². The van der Waals surface area contributed by atoms with Crippen LogP contribution < -0.4 is 0 Å². The van der Waals surface area contributed by atoms with Gasteiger partial charge in [-0.2, -0.15) is 0 Å². The highest BCUT2D eigenvalue weighted by Crippen LogP contribution is 2.37. The lowest BCUT2D eigenvalue weighted by molar-refractivity contribution is -0.385. The minimum absolute atomic E-state index is 0.0613. The quantitative estimate of drug-likeness (QED) is 0.372. The normalized spacial score (nSPS) is 12.1. The topological polar surface area (TPSA) is 90.4 Å². The molecule has 0 saturated carbocycles. The van der Waals surface area contributed by atoms with Crippen molar-refractivity contribution in [3.8, 4) is 0 Å². The van der Waals surface area contributed by atoms with E-state index in [9.17, 15) is 18.5 Å². The van der Waals surface area contributed by atoms with Gasteiger partial charge in [0.1, 0.15) is 11.2 Å². The molecule has 0 unspecified atom stereocenters. The monoisotopic (exact) mass is 389 g/mol. The maximum Gasteiger partial charge on any atom is 0.287 e. The number of nitro benzene ring substituents is 1. The van der Waals surface area contributed by atoms with E-state index in [4.69, 9.17) is 15.1 Å². The Balaban J connectivity index is 2.40. The molecule has 3 rings (SSSR count). The van der Waals surface area contributed by atoms with Gasteiger partial charge in [0.25, 0.3) is 14.7 Å². The number of hydrogen-bond acceptors (Lipinski definition) is 5. The van der Waals surface area contributed by atoms with E-state index in [0.717, 1.165) is 0 Å². The molecule has 21 heavy (non-hydrogen) atoms. The molecule has 0 spiro atoms. The third kappa shape index (κ3) is 2.39. The van der Waals surface area contributed by atoms with Gasteiger partial charge in [-0.25, -0.2) is 8.42 Å². The summed E-state index contributed by atoms with van der Waals surface area (Å²) in [6, 6.07) is 6.96. The van der Waals surface area contributed by atoms with Gasteiger partial charge in [-0.1, -0.05) is 0 Å². The summed E-state index contributed by atoms with van der Waals surface area (Å²) in [4.78, 5) is 10.3. The van der Waals surface area contributed by atoms with E-state index in [1.807, 2.05) is 0 Å². The van der Waals surface area contributed by atoms with Crippen LogP contribution in [0.3, 0.4) is 0 Å². The lowest BCUT2D eigenvalue weighted by Gasteiger charge is -1.96. The van der Waals surface area contributed by atoms with Gasteiger partial charge in [0.2, 0.25) is 0 Å². The number of nitrogens with zero attached hydrogens (tertiary/aromatic N) is 1. The van der Waals surface area contributed by atoms with Crippen LogP contribution in [-0.2, 0) is 9.05 Å². The Hall–Kier alpha value is -1.64. The third-order valence-corrected chi connectivity index (χ3v) is 4.98. The van der Waals surface area contributed by atoms with E-state index in [1.165, 1.54) is 30.3 Å². The molecule has 108 valence electrons. The van der Waals surface area contributed by atoms with Crippen molar-refractivity contribution in [2.45, 2.75) is 4.90 Å². The predicted octanol–water partition coefficient (Wildman–Crippen LogP) is 4.18. The van der Waals surface area contributed by atoms with Crippen molar-refractivity contribution < 1.29 is 17.8 Å². The van der Waals surface area contributed by atoms with Crippen molar-refractivity contribution in [2.24, 2.45) is 0 Å². The largest absolute Gasteiger partial charge is 0.456 e. The van der Waals surface area contributed by atoms with E-state index < -0.39 is 14.0 Å². The first-order valence-corrected chi connectivity index (χ1v) is 8.62. The Morgan fingerprint density at radius 3 is 2.43 bits per heavy atom. The van der Waals surface area contributed by atoms with E-state index in [2.05, 4.69) is 15.9 Å². The number of rotatable bonds is 2. The SMILES string of the molecule is O=[N+]([O-])c1cc2oc3ccc(S(=O)(=O)Cl)cc3c2cc1Br. The zero-order valence-corrected chi connectivity index (χ0v) is 13.2. The summed E-state index contributed by atoms with van der Waals surface area (Å²) >= 11 is 3.12. The first-order chi connectivity index (χ1) is 9.77. The predicted molar refractivity (Wildman–Crippen MR) is 81.1 cm³/mol. The number of halogens is 2. The molecule has 1 heterocycles. The molecule has 6 nitrogen and oxygen atoms in total. The molecule has 9 heteroatoms.